The minimum Gasteiger partial charge on any atom is -0.353 e. The van der Waals surface area contributed by atoms with E-state index in [0.717, 1.165) is 43.5 Å². The van der Waals surface area contributed by atoms with Crippen LogP contribution in [0.2, 0.25) is 0 Å². The monoisotopic (exact) mass is 521 g/mol. The zero-order chi connectivity index (χ0) is 27.9. The lowest BCUT2D eigenvalue weighted by Crippen LogP contribution is -2.48. The molecular formula is C33H48FN3O. The zero-order valence-corrected chi connectivity index (χ0v) is 24.3. The van der Waals surface area contributed by atoms with E-state index >= 15 is 0 Å². The van der Waals surface area contributed by atoms with Gasteiger partial charge < -0.3 is 9.80 Å². The van der Waals surface area contributed by atoms with Gasteiger partial charge in [0.1, 0.15) is 11.6 Å². The Balaban J connectivity index is 0.000000207. The van der Waals surface area contributed by atoms with E-state index in [2.05, 4.69) is 23.4 Å². The molecule has 1 aromatic heterocycles. The van der Waals surface area contributed by atoms with Gasteiger partial charge in [0.05, 0.1) is 0 Å². The van der Waals surface area contributed by atoms with Gasteiger partial charge in [0, 0.05) is 38.8 Å². The first-order valence-corrected chi connectivity index (χ1v) is 14.3. The molecule has 2 aliphatic rings. The summed E-state index contributed by atoms with van der Waals surface area (Å²) >= 11 is 0. The van der Waals surface area contributed by atoms with Gasteiger partial charge in [-0.25, -0.2) is 9.37 Å². The van der Waals surface area contributed by atoms with Crippen molar-refractivity contribution < 1.29 is 9.18 Å². The molecule has 2 heterocycles. The molecule has 2 fully saturated rings. The fourth-order valence-electron chi connectivity index (χ4n) is 4.81. The highest BCUT2D eigenvalue weighted by atomic mass is 19.1. The standard InChI is InChI=1S/C12H17N3O.C11H13F.C10H18/c1-2-12(16)15-9-7-14(8-10-15)11-5-3-4-6-13-11;1-4-8(2)10-5-6-11(12)9(3)7-10;1-3-9(2)10-7-5-4-6-8-10/h3-6H,2,7-10H2,1H3;4-7H,1-3H3;10H,2-8H2,1H3/b;8-4+;. The quantitative estimate of drug-likeness (QED) is 0.372. The highest BCUT2D eigenvalue weighted by Gasteiger charge is 2.20. The van der Waals surface area contributed by atoms with Gasteiger partial charge in [0.25, 0.3) is 0 Å². The van der Waals surface area contributed by atoms with Crippen molar-refractivity contribution in [2.24, 2.45) is 5.92 Å². The SMILES string of the molecule is C/C=C(\C)c1ccc(F)c(C)c1.C=C(CC)C1CCCCC1.CCC(=O)N1CCN(c2ccccn2)CC1. The molecule has 0 radical (unpaired) electrons. The Bertz CT molecular complexity index is 1020. The first-order valence-electron chi connectivity index (χ1n) is 14.3. The molecule has 1 saturated carbocycles. The molecule has 1 saturated heterocycles. The third kappa shape index (κ3) is 10.1. The van der Waals surface area contributed by atoms with Crippen LogP contribution in [-0.2, 0) is 4.79 Å². The number of carbonyl (C=O) groups excluding carboxylic acids is 1. The van der Waals surface area contributed by atoms with Crippen LogP contribution in [0.3, 0.4) is 0 Å². The molecule has 208 valence electrons. The van der Waals surface area contributed by atoms with Crippen LogP contribution in [0.4, 0.5) is 10.2 Å². The van der Waals surface area contributed by atoms with E-state index in [1.165, 1.54) is 55.7 Å². The summed E-state index contributed by atoms with van der Waals surface area (Å²) in [6, 6.07) is 11.1. The van der Waals surface area contributed by atoms with Crippen molar-refractivity contribution in [3.05, 3.63) is 77.8 Å². The molecule has 5 heteroatoms. The van der Waals surface area contributed by atoms with E-state index in [1.54, 1.807) is 19.2 Å². The molecule has 1 aliphatic heterocycles. The number of amides is 1. The van der Waals surface area contributed by atoms with Crippen LogP contribution in [0.5, 0.6) is 0 Å². The van der Waals surface area contributed by atoms with Crippen LogP contribution in [0.1, 0.15) is 83.8 Å². The van der Waals surface area contributed by atoms with E-state index in [1.807, 2.05) is 56.0 Å². The summed E-state index contributed by atoms with van der Waals surface area (Å²) < 4.78 is 12.8. The summed E-state index contributed by atoms with van der Waals surface area (Å²) in [5.74, 6) is 1.99. The molecule has 0 bridgehead atoms. The normalized spacial score (nSPS) is 16.1. The molecule has 0 unspecified atom stereocenters. The number of hydrogen-bond acceptors (Lipinski definition) is 3. The van der Waals surface area contributed by atoms with Crippen LogP contribution < -0.4 is 4.90 Å². The number of halogens is 1. The number of anilines is 1. The summed E-state index contributed by atoms with van der Waals surface area (Å²) in [5.41, 5.74) is 4.46. The predicted octanol–water partition coefficient (Wildman–Crippen LogP) is 8.23. The minimum absolute atomic E-state index is 0.136. The lowest BCUT2D eigenvalue weighted by molar-refractivity contribution is -0.131. The van der Waals surface area contributed by atoms with Crippen LogP contribution in [0.25, 0.3) is 5.57 Å². The Morgan fingerprint density at radius 3 is 2.26 bits per heavy atom. The van der Waals surface area contributed by atoms with Gasteiger partial charge in [-0.15, -0.1) is 0 Å². The number of hydrogen-bond donors (Lipinski definition) is 0. The largest absolute Gasteiger partial charge is 0.353 e. The third-order valence-electron chi connectivity index (χ3n) is 7.59. The number of nitrogens with zero attached hydrogens (tertiary/aromatic N) is 3. The van der Waals surface area contributed by atoms with Crippen LogP contribution in [-0.4, -0.2) is 42.0 Å². The second-order valence-corrected chi connectivity index (χ2v) is 10.2. The number of carbonyl (C=O) groups is 1. The van der Waals surface area contributed by atoms with E-state index in [4.69, 9.17) is 0 Å². The average molecular weight is 522 g/mol. The topological polar surface area (TPSA) is 36.4 Å². The van der Waals surface area contributed by atoms with Gasteiger partial charge in [0.15, 0.2) is 0 Å². The van der Waals surface area contributed by atoms with Crippen molar-refractivity contribution in [2.45, 2.75) is 79.6 Å². The fraction of sp³-hybridized carbons (Fsp3) is 0.515. The van der Waals surface area contributed by atoms with Gasteiger partial charge in [-0.2, -0.15) is 0 Å². The van der Waals surface area contributed by atoms with E-state index in [-0.39, 0.29) is 11.7 Å². The molecule has 38 heavy (non-hydrogen) atoms. The van der Waals surface area contributed by atoms with Gasteiger partial charge >= 0.3 is 0 Å². The van der Waals surface area contributed by atoms with E-state index in [0.29, 0.717) is 12.0 Å². The Hall–Kier alpha value is -2.95. The summed E-state index contributed by atoms with van der Waals surface area (Å²) in [6.07, 6.45) is 12.8. The van der Waals surface area contributed by atoms with Crippen molar-refractivity contribution in [3.8, 4) is 0 Å². The number of aryl methyl sites for hydroxylation is 1. The smallest absolute Gasteiger partial charge is 0.222 e. The van der Waals surface area contributed by atoms with Crippen LogP contribution in [0.15, 0.2) is 60.8 Å². The number of benzene rings is 1. The summed E-state index contributed by atoms with van der Waals surface area (Å²) in [4.78, 5) is 20.0. The van der Waals surface area contributed by atoms with Gasteiger partial charge in [-0.05, 0) is 86.9 Å². The first kappa shape index (κ1) is 31.3. The third-order valence-corrected chi connectivity index (χ3v) is 7.59. The fourth-order valence-corrected chi connectivity index (χ4v) is 4.81. The second kappa shape index (κ2) is 16.8. The minimum atomic E-state index is -0.136. The van der Waals surface area contributed by atoms with Crippen molar-refractivity contribution >= 4 is 17.3 Å². The van der Waals surface area contributed by atoms with E-state index in [9.17, 15) is 9.18 Å². The maximum atomic E-state index is 12.8. The molecule has 2 aromatic rings. The van der Waals surface area contributed by atoms with Gasteiger partial charge in [0.2, 0.25) is 5.91 Å². The van der Waals surface area contributed by atoms with Crippen LogP contribution in [0, 0.1) is 18.7 Å². The zero-order valence-electron chi connectivity index (χ0n) is 24.3. The maximum absolute atomic E-state index is 12.8. The van der Waals surface area contributed by atoms with Crippen molar-refractivity contribution in [1.29, 1.82) is 0 Å². The number of allylic oxidation sites excluding steroid dienone is 3. The maximum Gasteiger partial charge on any atom is 0.222 e. The van der Waals surface area contributed by atoms with Crippen molar-refractivity contribution in [2.75, 3.05) is 31.1 Å². The molecule has 1 aromatic carbocycles. The Morgan fingerprint density at radius 1 is 1.05 bits per heavy atom. The van der Waals surface area contributed by atoms with Crippen molar-refractivity contribution in [3.63, 3.8) is 0 Å². The Kier molecular flexibility index (Phi) is 13.8. The second-order valence-electron chi connectivity index (χ2n) is 10.2. The number of pyridine rings is 1. The summed E-state index contributed by atoms with van der Waals surface area (Å²) in [7, 11) is 0. The Labute approximate surface area is 230 Å². The molecule has 4 nitrogen and oxygen atoms in total. The molecule has 0 N–H and O–H groups in total. The number of piperazine rings is 1. The van der Waals surface area contributed by atoms with E-state index < -0.39 is 0 Å². The van der Waals surface area contributed by atoms with Gasteiger partial charge in [-0.1, -0.05) is 63.5 Å². The van der Waals surface area contributed by atoms with Crippen LogP contribution >= 0.6 is 0 Å². The molecule has 1 amide bonds. The van der Waals surface area contributed by atoms with Crippen molar-refractivity contribution in [1.82, 2.24) is 9.88 Å². The number of aromatic nitrogens is 1. The van der Waals surface area contributed by atoms with Gasteiger partial charge in [-0.3, -0.25) is 4.79 Å². The Morgan fingerprint density at radius 2 is 1.74 bits per heavy atom. The molecular weight excluding hydrogens is 473 g/mol. The molecule has 0 atom stereocenters. The first-order chi connectivity index (χ1) is 18.3. The molecule has 0 spiro atoms. The number of rotatable bonds is 5. The lowest BCUT2D eigenvalue weighted by atomic mass is 9.83. The average Bonchev–Trinajstić information content (AvgIpc) is 2.99. The summed E-state index contributed by atoms with van der Waals surface area (Å²) in [6.45, 7) is 17.4. The summed E-state index contributed by atoms with van der Waals surface area (Å²) in [5, 5.41) is 0. The highest BCUT2D eigenvalue weighted by Crippen LogP contribution is 2.29. The molecule has 1 aliphatic carbocycles. The lowest BCUT2D eigenvalue weighted by Gasteiger charge is -2.35. The predicted molar refractivity (Wildman–Crippen MR) is 160 cm³/mol. The molecule has 4 rings (SSSR count). The highest BCUT2D eigenvalue weighted by molar-refractivity contribution is 5.76.